The second-order valence-corrected chi connectivity index (χ2v) is 21.3. The molecule has 12 rings (SSSR count). The molecule has 0 bridgehead atoms. The minimum Gasteiger partial charge on any atom is -0.380 e. The van der Waals surface area contributed by atoms with Gasteiger partial charge in [-0.15, -0.1) is 0 Å². The third-order valence-corrected chi connectivity index (χ3v) is 16.5. The number of piperidine rings is 2. The van der Waals surface area contributed by atoms with Gasteiger partial charge >= 0.3 is 0 Å². The molecular weight excluding hydrogens is 927 g/mol. The molecule has 3 unspecified atom stereocenters. The molecule has 4 aliphatic rings. The van der Waals surface area contributed by atoms with Crippen molar-refractivity contribution in [1.82, 2.24) is 16.0 Å². The topological polar surface area (TPSA) is 76.5 Å². The van der Waals surface area contributed by atoms with Crippen LogP contribution in [-0.2, 0) is 11.2 Å². The lowest BCUT2D eigenvalue weighted by Gasteiger charge is -2.40. The van der Waals surface area contributed by atoms with Crippen molar-refractivity contribution in [3.63, 3.8) is 0 Å². The summed E-state index contributed by atoms with van der Waals surface area (Å²) in [6.45, 7) is 3.29. The smallest absolute Gasteiger partial charge is 0.130 e. The van der Waals surface area contributed by atoms with Crippen LogP contribution in [0.1, 0.15) is 133 Å². The van der Waals surface area contributed by atoms with Crippen LogP contribution in [0.25, 0.3) is 0 Å². The minimum absolute atomic E-state index is 0.0704. The van der Waals surface area contributed by atoms with E-state index in [0.29, 0.717) is 29.8 Å². The van der Waals surface area contributed by atoms with Crippen LogP contribution in [0.4, 0.5) is 0 Å². The van der Waals surface area contributed by atoms with E-state index in [9.17, 15) is 10.2 Å². The Morgan fingerprint density at radius 3 is 0.868 bits per heavy atom. The zero-order valence-electron chi connectivity index (χ0n) is 44.6. The van der Waals surface area contributed by atoms with Gasteiger partial charge in [0.05, 0.1) is 0 Å². The van der Waals surface area contributed by atoms with Gasteiger partial charge < -0.3 is 26.2 Å². The van der Waals surface area contributed by atoms with Gasteiger partial charge in [-0.05, 0) is 121 Å². The van der Waals surface area contributed by atoms with Crippen LogP contribution in [0.5, 0.6) is 0 Å². The first-order chi connectivity index (χ1) is 37.5. The summed E-state index contributed by atoms with van der Waals surface area (Å²) in [6, 6.07) is 85.0. The van der Waals surface area contributed by atoms with E-state index in [4.69, 9.17) is 0 Å². The van der Waals surface area contributed by atoms with E-state index < -0.39 is 11.2 Å². The highest BCUT2D eigenvalue weighted by atomic mass is 16.3. The molecule has 0 aromatic heterocycles. The molecule has 3 aliphatic heterocycles. The Morgan fingerprint density at radius 2 is 0.566 bits per heavy atom. The molecule has 1 saturated carbocycles. The largest absolute Gasteiger partial charge is 0.380 e. The molecule has 5 heteroatoms. The summed E-state index contributed by atoms with van der Waals surface area (Å²) in [5.41, 5.74) is 7.87. The molecule has 0 amide bonds. The maximum absolute atomic E-state index is 11.5. The molecule has 8 aromatic rings. The highest BCUT2D eigenvalue weighted by molar-refractivity contribution is 5.40. The van der Waals surface area contributed by atoms with E-state index in [0.717, 1.165) is 61.2 Å². The quantitative estimate of drug-likeness (QED) is 0.0843. The second kappa shape index (κ2) is 28.1. The molecule has 1 aliphatic carbocycles. The average molecular weight is 1010 g/mol. The van der Waals surface area contributed by atoms with Crippen molar-refractivity contribution in [2.45, 2.75) is 118 Å². The van der Waals surface area contributed by atoms with Crippen LogP contribution in [0.15, 0.2) is 243 Å². The SMILES string of the molecule is OC(c1ccccc1)(c1ccccc1)C1CCCC1.OC(c1ccccc1)(c1ccccc1)C1CCCCN1.c1ccc(C(c2ccccc2)C2CCCCN2)cc1.c1ccc(C(c2ccccc2)C2CCCN2)cc1. The molecule has 392 valence electrons. The summed E-state index contributed by atoms with van der Waals surface area (Å²) >= 11 is 0. The third kappa shape index (κ3) is 13.7. The molecule has 3 heterocycles. The van der Waals surface area contributed by atoms with Gasteiger partial charge in [0.1, 0.15) is 11.2 Å². The lowest BCUT2D eigenvalue weighted by molar-refractivity contribution is 0.0188. The van der Waals surface area contributed by atoms with Crippen LogP contribution in [0.3, 0.4) is 0 Å². The van der Waals surface area contributed by atoms with E-state index in [-0.39, 0.29) is 6.04 Å². The van der Waals surface area contributed by atoms with E-state index in [1.165, 1.54) is 80.0 Å². The Kier molecular flexibility index (Phi) is 20.1. The predicted octanol–water partition coefficient (Wildman–Crippen LogP) is 14.7. The molecule has 76 heavy (non-hydrogen) atoms. The molecule has 4 fully saturated rings. The van der Waals surface area contributed by atoms with Gasteiger partial charge in [0.25, 0.3) is 0 Å². The molecule has 5 N–H and O–H groups in total. The van der Waals surface area contributed by atoms with E-state index in [1.54, 1.807) is 0 Å². The normalized spacial score (nSPS) is 18.8. The van der Waals surface area contributed by atoms with Crippen LogP contribution in [0, 0.1) is 5.92 Å². The summed E-state index contributed by atoms with van der Waals surface area (Å²) in [7, 11) is 0. The summed E-state index contributed by atoms with van der Waals surface area (Å²) in [4.78, 5) is 0. The zero-order chi connectivity index (χ0) is 52.1. The summed E-state index contributed by atoms with van der Waals surface area (Å²) in [5, 5.41) is 33.8. The van der Waals surface area contributed by atoms with Crippen LogP contribution >= 0.6 is 0 Å². The van der Waals surface area contributed by atoms with Crippen molar-refractivity contribution in [3.05, 3.63) is 287 Å². The van der Waals surface area contributed by atoms with Gasteiger partial charge in [0.15, 0.2) is 0 Å². The van der Waals surface area contributed by atoms with Gasteiger partial charge in [-0.3, -0.25) is 0 Å². The molecular formula is C71H81N3O2. The molecule has 0 radical (unpaired) electrons. The Hall–Kier alpha value is -6.44. The number of hydrogen-bond acceptors (Lipinski definition) is 5. The fourth-order valence-electron chi connectivity index (χ4n) is 12.6. The number of aliphatic hydroxyl groups is 2. The fraction of sp³-hybridized carbons (Fsp3) is 0.324. The lowest BCUT2D eigenvalue weighted by Crippen LogP contribution is -2.51. The van der Waals surface area contributed by atoms with Gasteiger partial charge in [-0.2, -0.15) is 0 Å². The number of benzene rings is 8. The van der Waals surface area contributed by atoms with Crippen molar-refractivity contribution in [2.75, 3.05) is 19.6 Å². The van der Waals surface area contributed by atoms with Crippen molar-refractivity contribution < 1.29 is 10.2 Å². The van der Waals surface area contributed by atoms with Crippen LogP contribution in [-0.4, -0.2) is 48.0 Å². The Labute approximate surface area is 454 Å². The Bertz CT molecular complexity index is 2640. The van der Waals surface area contributed by atoms with Gasteiger partial charge in [-0.25, -0.2) is 0 Å². The van der Waals surface area contributed by atoms with Crippen LogP contribution in [0.2, 0.25) is 0 Å². The third-order valence-electron chi connectivity index (χ3n) is 16.5. The van der Waals surface area contributed by atoms with Crippen molar-refractivity contribution >= 4 is 0 Å². The Balaban J connectivity index is 0.000000124. The van der Waals surface area contributed by atoms with E-state index in [2.05, 4.69) is 137 Å². The minimum atomic E-state index is -0.955. The molecule has 0 spiro atoms. The van der Waals surface area contributed by atoms with Crippen molar-refractivity contribution in [2.24, 2.45) is 5.92 Å². The van der Waals surface area contributed by atoms with Crippen molar-refractivity contribution in [3.8, 4) is 0 Å². The fourth-order valence-corrected chi connectivity index (χ4v) is 12.6. The maximum Gasteiger partial charge on any atom is 0.130 e. The summed E-state index contributed by atoms with van der Waals surface area (Å²) in [6.07, 6.45) is 14.5. The Morgan fingerprint density at radius 1 is 0.289 bits per heavy atom. The molecule has 8 aromatic carbocycles. The second-order valence-electron chi connectivity index (χ2n) is 21.3. The number of rotatable bonds is 12. The summed E-state index contributed by atoms with van der Waals surface area (Å²) in [5.74, 6) is 1.29. The van der Waals surface area contributed by atoms with E-state index in [1.807, 2.05) is 121 Å². The first kappa shape index (κ1) is 54.4. The monoisotopic (exact) mass is 1010 g/mol. The molecule has 5 nitrogen and oxygen atoms in total. The molecule has 3 atom stereocenters. The van der Waals surface area contributed by atoms with Gasteiger partial charge in [0, 0.05) is 30.0 Å². The van der Waals surface area contributed by atoms with Gasteiger partial charge in [-0.1, -0.05) is 268 Å². The van der Waals surface area contributed by atoms with Crippen molar-refractivity contribution in [1.29, 1.82) is 0 Å². The zero-order valence-corrected chi connectivity index (χ0v) is 44.6. The maximum atomic E-state index is 11.5. The van der Waals surface area contributed by atoms with E-state index >= 15 is 0 Å². The predicted molar refractivity (Wildman–Crippen MR) is 315 cm³/mol. The highest BCUT2D eigenvalue weighted by Gasteiger charge is 2.42. The lowest BCUT2D eigenvalue weighted by atomic mass is 9.75. The average Bonchev–Trinajstić information content (AvgIpc) is 4.28. The summed E-state index contributed by atoms with van der Waals surface area (Å²) < 4.78 is 0. The molecule has 3 saturated heterocycles. The first-order valence-electron chi connectivity index (χ1n) is 28.6. The number of hydrogen-bond donors (Lipinski definition) is 5. The first-order valence-corrected chi connectivity index (χ1v) is 28.6. The standard InChI is InChI=1S/C18H21NO.C18H21N.C18H20O.C17H19N/c20-18(15-9-3-1-4-10-15,16-11-5-2-6-12-16)17-13-7-8-14-19-17;1-3-9-15(10-4-1)18(16-11-5-2-6-12-16)17-13-7-8-14-19-17;19-18(17-13-7-8-14-17,15-9-3-1-4-10-15)16-11-5-2-6-12-16;1-3-8-14(9-4-1)17(16-12-7-13-18-16)15-10-5-2-6-11-15/h1-6,9-12,17,19-20H,7-8,13-14H2;1-6,9-12,17-19H,7-8,13-14H2;1-6,9-12,17,19H,7-8,13-14H2;1-6,8-11,16-18H,7,12-13H2. The number of nitrogens with one attached hydrogen (secondary N) is 3. The van der Waals surface area contributed by atoms with Crippen LogP contribution < -0.4 is 16.0 Å². The van der Waals surface area contributed by atoms with Gasteiger partial charge in [0.2, 0.25) is 0 Å². The highest BCUT2D eigenvalue weighted by Crippen LogP contribution is 2.45.